The molecule has 0 saturated carbocycles. The Balaban J connectivity index is 1.62. The van der Waals surface area contributed by atoms with Gasteiger partial charge in [-0.2, -0.15) is 8.42 Å². The summed E-state index contributed by atoms with van der Waals surface area (Å²) < 4.78 is 51.3. The van der Waals surface area contributed by atoms with Crippen molar-refractivity contribution in [2.45, 2.75) is 44.2 Å². The van der Waals surface area contributed by atoms with Crippen LogP contribution >= 0.6 is 0 Å². The molecule has 174 valence electrons. The van der Waals surface area contributed by atoms with Gasteiger partial charge < -0.3 is 24.6 Å². The van der Waals surface area contributed by atoms with Crippen LogP contribution in [0.4, 0.5) is 4.79 Å². The summed E-state index contributed by atoms with van der Waals surface area (Å²) in [4.78, 5) is 12.3. The monoisotopic (exact) mass is 467 g/mol. The molecule has 1 aliphatic heterocycles. The van der Waals surface area contributed by atoms with E-state index in [1.807, 2.05) is 48.5 Å². The summed E-state index contributed by atoms with van der Waals surface area (Å²) in [5, 5.41) is 13.0. The topological polar surface area (TPSA) is 141 Å². The van der Waals surface area contributed by atoms with Crippen molar-refractivity contribution >= 4 is 16.5 Å². The second-order valence-electron chi connectivity index (χ2n) is 7.16. The Morgan fingerprint density at radius 3 is 2.22 bits per heavy atom. The van der Waals surface area contributed by atoms with E-state index < -0.39 is 47.6 Å². The molecule has 3 N–H and O–H groups in total. The first kappa shape index (κ1) is 24.1. The van der Waals surface area contributed by atoms with Crippen LogP contribution in [0.2, 0.25) is 0 Å². The van der Waals surface area contributed by atoms with E-state index in [1.165, 1.54) is 0 Å². The average molecular weight is 467 g/mol. The van der Waals surface area contributed by atoms with E-state index in [4.69, 9.17) is 18.8 Å². The Kier molecular flexibility index (Phi) is 8.56. The van der Waals surface area contributed by atoms with Gasteiger partial charge in [0.2, 0.25) is 0 Å². The van der Waals surface area contributed by atoms with Crippen molar-refractivity contribution in [3.63, 3.8) is 0 Å². The lowest BCUT2D eigenvalue weighted by Gasteiger charge is -2.39. The lowest BCUT2D eigenvalue weighted by Crippen LogP contribution is -2.58. The van der Waals surface area contributed by atoms with Gasteiger partial charge in [-0.05, 0) is 11.1 Å². The number of alkyl carbamates (subject to hydrolysis) is 1. The van der Waals surface area contributed by atoms with Gasteiger partial charge in [0, 0.05) is 6.42 Å². The van der Waals surface area contributed by atoms with Crippen LogP contribution in [0, 0.1) is 0 Å². The first-order chi connectivity index (χ1) is 15.3. The van der Waals surface area contributed by atoms with Crippen molar-refractivity contribution < 1.29 is 41.3 Å². The highest BCUT2D eigenvalue weighted by Crippen LogP contribution is 2.24. The lowest BCUT2D eigenvalue weighted by atomic mass is 10.00. The number of benzene rings is 2. The van der Waals surface area contributed by atoms with Crippen molar-refractivity contribution in [3.8, 4) is 0 Å². The van der Waals surface area contributed by atoms with Crippen LogP contribution in [-0.4, -0.2) is 55.3 Å². The first-order valence-corrected chi connectivity index (χ1v) is 11.2. The maximum atomic E-state index is 12.3. The standard InChI is InChI=1S/C21H25NO9S/c23-20-19(22-21(24)29-13-16-9-5-2-6-10-16)18(28-12-15-7-3-1-4-8-15)11-17(31-20)14-30-32(25,26)27/h1-10,17-20,23H,11-14H2,(H,22,24)(H,25,26,27)/t17?,18-,19?,20+/m1/s1. The number of amides is 1. The SMILES string of the molecule is O=C(NC1[C@@H](O)OC(COS(=O)(=O)O)C[C@H]1OCc1ccccc1)OCc1ccccc1. The van der Waals surface area contributed by atoms with Gasteiger partial charge in [0.1, 0.15) is 12.6 Å². The summed E-state index contributed by atoms with van der Waals surface area (Å²) in [6.45, 7) is -0.301. The predicted octanol–water partition coefficient (Wildman–Crippen LogP) is 1.79. The van der Waals surface area contributed by atoms with Gasteiger partial charge in [-0.3, -0.25) is 4.55 Å². The molecule has 1 heterocycles. The third-order valence-corrected chi connectivity index (χ3v) is 5.18. The normalized spacial score (nSPS) is 23.4. The Labute approximate surface area is 186 Å². The summed E-state index contributed by atoms with van der Waals surface area (Å²) in [7, 11) is -4.67. The largest absolute Gasteiger partial charge is 0.445 e. The van der Waals surface area contributed by atoms with Crippen LogP contribution in [0.5, 0.6) is 0 Å². The van der Waals surface area contributed by atoms with Crippen molar-refractivity contribution in [2.75, 3.05) is 6.61 Å². The van der Waals surface area contributed by atoms with E-state index in [2.05, 4.69) is 9.50 Å². The molecule has 2 aromatic carbocycles. The van der Waals surface area contributed by atoms with Gasteiger partial charge in [0.25, 0.3) is 0 Å². The van der Waals surface area contributed by atoms with Crippen molar-refractivity contribution in [1.82, 2.24) is 5.32 Å². The van der Waals surface area contributed by atoms with Crippen LogP contribution in [0.15, 0.2) is 60.7 Å². The van der Waals surface area contributed by atoms with Gasteiger partial charge >= 0.3 is 16.5 Å². The quantitative estimate of drug-likeness (QED) is 0.471. The molecule has 1 saturated heterocycles. The molecule has 3 rings (SSSR count). The fourth-order valence-electron chi connectivity index (χ4n) is 3.21. The van der Waals surface area contributed by atoms with Crippen molar-refractivity contribution in [1.29, 1.82) is 0 Å². The number of carbonyl (C=O) groups is 1. The minimum Gasteiger partial charge on any atom is -0.445 e. The second kappa shape index (κ2) is 11.4. The number of aliphatic hydroxyl groups excluding tert-OH is 1. The average Bonchev–Trinajstić information content (AvgIpc) is 2.77. The zero-order valence-corrected chi connectivity index (χ0v) is 17.9. The molecule has 2 unspecified atom stereocenters. The molecule has 2 aromatic rings. The Morgan fingerprint density at radius 1 is 1.03 bits per heavy atom. The first-order valence-electron chi connectivity index (χ1n) is 9.88. The van der Waals surface area contributed by atoms with Crippen LogP contribution in [0.25, 0.3) is 0 Å². The highest BCUT2D eigenvalue weighted by molar-refractivity contribution is 7.80. The number of nitrogens with one attached hydrogen (secondary N) is 1. The number of ether oxygens (including phenoxy) is 3. The molecule has 1 amide bonds. The second-order valence-corrected chi connectivity index (χ2v) is 8.25. The third kappa shape index (κ3) is 7.86. The van der Waals surface area contributed by atoms with Crippen LogP contribution < -0.4 is 5.32 Å². The maximum Gasteiger partial charge on any atom is 0.407 e. The summed E-state index contributed by atoms with van der Waals surface area (Å²) in [5.74, 6) is 0. The zero-order valence-electron chi connectivity index (χ0n) is 17.1. The lowest BCUT2D eigenvalue weighted by molar-refractivity contribution is -0.221. The number of aliphatic hydroxyl groups is 1. The smallest absolute Gasteiger partial charge is 0.407 e. The molecule has 4 atom stereocenters. The molecule has 32 heavy (non-hydrogen) atoms. The minimum atomic E-state index is -4.67. The van der Waals surface area contributed by atoms with Gasteiger partial charge in [0.15, 0.2) is 6.29 Å². The summed E-state index contributed by atoms with van der Waals surface area (Å²) >= 11 is 0. The van der Waals surface area contributed by atoms with E-state index in [0.29, 0.717) is 0 Å². The van der Waals surface area contributed by atoms with E-state index in [9.17, 15) is 18.3 Å². The summed E-state index contributed by atoms with van der Waals surface area (Å²) in [6.07, 6.45) is -3.86. The van der Waals surface area contributed by atoms with Gasteiger partial charge in [-0.1, -0.05) is 60.7 Å². The van der Waals surface area contributed by atoms with Gasteiger partial charge in [0.05, 0.1) is 25.4 Å². The van der Waals surface area contributed by atoms with E-state index >= 15 is 0 Å². The molecule has 1 aliphatic rings. The summed E-state index contributed by atoms with van der Waals surface area (Å²) in [5.41, 5.74) is 1.66. The zero-order chi connectivity index (χ0) is 23.0. The fraction of sp³-hybridized carbons (Fsp3) is 0.381. The molecular weight excluding hydrogens is 442 g/mol. The molecule has 0 spiro atoms. The van der Waals surface area contributed by atoms with E-state index in [1.54, 1.807) is 12.1 Å². The van der Waals surface area contributed by atoms with Crippen LogP contribution in [0.3, 0.4) is 0 Å². The van der Waals surface area contributed by atoms with Crippen LogP contribution in [-0.2, 0) is 42.0 Å². The number of hydrogen-bond acceptors (Lipinski definition) is 8. The Morgan fingerprint density at radius 2 is 1.62 bits per heavy atom. The molecule has 1 fully saturated rings. The highest BCUT2D eigenvalue weighted by Gasteiger charge is 2.40. The molecule has 0 bridgehead atoms. The molecule has 11 heteroatoms. The van der Waals surface area contributed by atoms with Gasteiger partial charge in [-0.25, -0.2) is 8.98 Å². The Bertz CT molecular complexity index is 956. The third-order valence-electron chi connectivity index (χ3n) is 4.74. The molecule has 0 aliphatic carbocycles. The maximum absolute atomic E-state index is 12.3. The molecule has 0 aromatic heterocycles. The van der Waals surface area contributed by atoms with E-state index in [-0.39, 0.29) is 19.6 Å². The molecular formula is C21H25NO9S. The Hall–Kier alpha value is -2.54. The minimum absolute atomic E-state index is 0.0384. The fourth-order valence-corrected chi connectivity index (χ4v) is 3.53. The summed E-state index contributed by atoms with van der Waals surface area (Å²) in [6, 6.07) is 17.4. The number of hydrogen-bond donors (Lipinski definition) is 3. The van der Waals surface area contributed by atoms with Crippen LogP contribution in [0.1, 0.15) is 17.5 Å². The van der Waals surface area contributed by atoms with Gasteiger partial charge in [-0.15, -0.1) is 0 Å². The van der Waals surface area contributed by atoms with E-state index in [0.717, 1.165) is 11.1 Å². The highest BCUT2D eigenvalue weighted by atomic mass is 32.3. The predicted molar refractivity (Wildman–Crippen MR) is 112 cm³/mol. The van der Waals surface area contributed by atoms with Crippen molar-refractivity contribution in [3.05, 3.63) is 71.8 Å². The number of carbonyl (C=O) groups excluding carboxylic acids is 1. The molecule has 10 nitrogen and oxygen atoms in total. The number of rotatable bonds is 9. The van der Waals surface area contributed by atoms with Crippen molar-refractivity contribution in [2.24, 2.45) is 0 Å². The molecule has 0 radical (unpaired) electrons.